The van der Waals surface area contributed by atoms with Gasteiger partial charge in [-0.15, -0.1) is 0 Å². The minimum Gasteiger partial charge on any atom is -0.481 e. The number of carbonyl (C=O) groups is 2. The first kappa shape index (κ1) is 12.2. The molecular weight excluding hydrogens is 210 g/mol. The zero-order valence-electron chi connectivity index (χ0n) is 9.30. The van der Waals surface area contributed by atoms with E-state index in [-0.39, 0.29) is 18.2 Å². The SMILES string of the molecule is CC(CNC(=O)c1ccnn1C)CC(=O)O. The van der Waals surface area contributed by atoms with Crippen molar-refractivity contribution in [2.75, 3.05) is 6.54 Å². The molecule has 0 saturated heterocycles. The van der Waals surface area contributed by atoms with E-state index in [4.69, 9.17) is 5.11 Å². The predicted molar refractivity (Wildman–Crippen MR) is 57.0 cm³/mol. The highest BCUT2D eigenvalue weighted by Crippen LogP contribution is 2.01. The quantitative estimate of drug-likeness (QED) is 0.752. The van der Waals surface area contributed by atoms with Gasteiger partial charge in [-0.25, -0.2) is 0 Å². The van der Waals surface area contributed by atoms with E-state index in [0.29, 0.717) is 12.2 Å². The molecule has 0 aromatic carbocycles. The number of aliphatic carboxylic acids is 1. The first-order valence-corrected chi connectivity index (χ1v) is 4.98. The molecule has 1 amide bonds. The molecule has 1 atom stereocenters. The zero-order valence-corrected chi connectivity index (χ0v) is 9.30. The van der Waals surface area contributed by atoms with Crippen LogP contribution in [0, 0.1) is 5.92 Å². The third-order valence-corrected chi connectivity index (χ3v) is 2.19. The van der Waals surface area contributed by atoms with Crippen molar-refractivity contribution in [3.8, 4) is 0 Å². The molecule has 0 aliphatic rings. The number of hydrogen-bond donors (Lipinski definition) is 2. The Bertz CT molecular complexity index is 386. The normalized spacial score (nSPS) is 12.1. The molecule has 6 heteroatoms. The van der Waals surface area contributed by atoms with Gasteiger partial charge in [-0.3, -0.25) is 14.3 Å². The van der Waals surface area contributed by atoms with Gasteiger partial charge in [0, 0.05) is 26.2 Å². The van der Waals surface area contributed by atoms with E-state index in [0.717, 1.165) is 0 Å². The van der Waals surface area contributed by atoms with Crippen LogP contribution in [0.2, 0.25) is 0 Å². The fraction of sp³-hybridized carbons (Fsp3) is 0.500. The molecule has 0 bridgehead atoms. The minimum atomic E-state index is -0.859. The van der Waals surface area contributed by atoms with Gasteiger partial charge in [0.1, 0.15) is 5.69 Å². The lowest BCUT2D eigenvalue weighted by Crippen LogP contribution is -2.30. The summed E-state index contributed by atoms with van der Waals surface area (Å²) < 4.78 is 1.47. The Hall–Kier alpha value is -1.85. The summed E-state index contributed by atoms with van der Waals surface area (Å²) in [6.07, 6.45) is 1.58. The summed E-state index contributed by atoms with van der Waals surface area (Å²) in [6, 6.07) is 1.61. The molecule has 1 unspecified atom stereocenters. The van der Waals surface area contributed by atoms with Crippen LogP contribution in [0.25, 0.3) is 0 Å². The van der Waals surface area contributed by atoms with Crippen molar-refractivity contribution in [1.82, 2.24) is 15.1 Å². The summed E-state index contributed by atoms with van der Waals surface area (Å²) in [5.74, 6) is -1.19. The molecule has 0 fully saturated rings. The fourth-order valence-corrected chi connectivity index (χ4v) is 1.32. The molecule has 0 aliphatic carbocycles. The van der Waals surface area contributed by atoms with Crippen LogP contribution in [-0.2, 0) is 11.8 Å². The zero-order chi connectivity index (χ0) is 12.1. The molecule has 0 radical (unpaired) electrons. The average Bonchev–Trinajstić information content (AvgIpc) is 2.60. The van der Waals surface area contributed by atoms with E-state index in [9.17, 15) is 9.59 Å². The van der Waals surface area contributed by atoms with Crippen molar-refractivity contribution in [2.24, 2.45) is 13.0 Å². The van der Waals surface area contributed by atoms with Crippen LogP contribution in [0.5, 0.6) is 0 Å². The molecule has 0 saturated carbocycles. The Morgan fingerprint density at radius 3 is 2.81 bits per heavy atom. The van der Waals surface area contributed by atoms with Gasteiger partial charge in [-0.2, -0.15) is 5.10 Å². The van der Waals surface area contributed by atoms with Crippen molar-refractivity contribution < 1.29 is 14.7 Å². The van der Waals surface area contributed by atoms with Crippen LogP contribution in [0.15, 0.2) is 12.3 Å². The van der Waals surface area contributed by atoms with Crippen LogP contribution in [0.1, 0.15) is 23.8 Å². The fourth-order valence-electron chi connectivity index (χ4n) is 1.32. The summed E-state index contributed by atoms with van der Waals surface area (Å²) in [5, 5.41) is 15.1. The second-order valence-electron chi connectivity index (χ2n) is 3.75. The predicted octanol–water partition coefficient (Wildman–Crippen LogP) is 0.261. The van der Waals surface area contributed by atoms with Crippen LogP contribution in [-0.4, -0.2) is 33.3 Å². The molecule has 1 aromatic rings. The second-order valence-corrected chi connectivity index (χ2v) is 3.75. The maximum absolute atomic E-state index is 11.6. The third kappa shape index (κ3) is 3.38. The summed E-state index contributed by atoms with van der Waals surface area (Å²) >= 11 is 0. The summed E-state index contributed by atoms with van der Waals surface area (Å²) in [6.45, 7) is 2.12. The minimum absolute atomic E-state index is 0.0473. The summed E-state index contributed by atoms with van der Waals surface area (Å²) in [4.78, 5) is 22.0. The van der Waals surface area contributed by atoms with Gasteiger partial charge in [-0.1, -0.05) is 6.92 Å². The maximum atomic E-state index is 11.6. The summed E-state index contributed by atoms with van der Waals surface area (Å²) in [5.41, 5.74) is 0.461. The molecule has 1 rings (SSSR count). The van der Waals surface area contributed by atoms with Crippen molar-refractivity contribution in [3.63, 3.8) is 0 Å². The number of hydrogen-bond acceptors (Lipinski definition) is 3. The van der Waals surface area contributed by atoms with Gasteiger partial charge in [0.05, 0.1) is 0 Å². The Balaban J connectivity index is 2.42. The number of aryl methyl sites for hydroxylation is 1. The van der Waals surface area contributed by atoms with E-state index in [1.54, 1.807) is 20.0 Å². The summed E-state index contributed by atoms with van der Waals surface area (Å²) in [7, 11) is 1.68. The smallest absolute Gasteiger partial charge is 0.303 e. The van der Waals surface area contributed by atoms with E-state index < -0.39 is 5.97 Å². The Morgan fingerprint density at radius 1 is 1.62 bits per heavy atom. The molecule has 16 heavy (non-hydrogen) atoms. The van der Waals surface area contributed by atoms with Gasteiger partial charge in [0.15, 0.2) is 0 Å². The molecule has 1 heterocycles. The number of carboxylic acid groups (broad SMARTS) is 1. The first-order chi connectivity index (χ1) is 7.50. The number of nitrogens with one attached hydrogen (secondary N) is 1. The van der Waals surface area contributed by atoms with Gasteiger partial charge in [0.25, 0.3) is 5.91 Å². The molecule has 6 nitrogen and oxygen atoms in total. The molecular formula is C10H15N3O3. The van der Waals surface area contributed by atoms with Crippen molar-refractivity contribution in [1.29, 1.82) is 0 Å². The van der Waals surface area contributed by atoms with Crippen molar-refractivity contribution in [2.45, 2.75) is 13.3 Å². The number of nitrogens with zero attached hydrogens (tertiary/aromatic N) is 2. The van der Waals surface area contributed by atoms with Crippen molar-refractivity contribution >= 4 is 11.9 Å². The lowest BCUT2D eigenvalue weighted by atomic mass is 10.1. The number of carboxylic acids is 1. The van der Waals surface area contributed by atoms with Crippen molar-refractivity contribution in [3.05, 3.63) is 18.0 Å². The van der Waals surface area contributed by atoms with Gasteiger partial charge < -0.3 is 10.4 Å². The second kappa shape index (κ2) is 5.29. The highest BCUT2D eigenvalue weighted by Gasteiger charge is 2.12. The standard InChI is InChI=1S/C10H15N3O3/c1-7(5-9(14)15)6-11-10(16)8-3-4-12-13(8)2/h3-4,7H,5-6H2,1-2H3,(H,11,16)(H,14,15). The molecule has 0 aliphatic heterocycles. The van der Waals surface area contributed by atoms with Crippen LogP contribution >= 0.6 is 0 Å². The monoisotopic (exact) mass is 225 g/mol. The van der Waals surface area contributed by atoms with Gasteiger partial charge >= 0.3 is 5.97 Å². The number of amides is 1. The topological polar surface area (TPSA) is 84.2 Å². The highest BCUT2D eigenvalue weighted by atomic mass is 16.4. The highest BCUT2D eigenvalue weighted by molar-refractivity contribution is 5.92. The van der Waals surface area contributed by atoms with Gasteiger partial charge in [-0.05, 0) is 12.0 Å². The van der Waals surface area contributed by atoms with E-state index in [1.165, 1.54) is 10.9 Å². The molecule has 0 spiro atoms. The Labute approximate surface area is 93.3 Å². The van der Waals surface area contributed by atoms with Gasteiger partial charge in [0.2, 0.25) is 0 Å². The number of rotatable bonds is 5. The number of carbonyl (C=O) groups excluding carboxylic acids is 1. The maximum Gasteiger partial charge on any atom is 0.303 e. The van der Waals surface area contributed by atoms with Crippen LogP contribution in [0.4, 0.5) is 0 Å². The van der Waals surface area contributed by atoms with Crippen LogP contribution < -0.4 is 5.32 Å². The third-order valence-electron chi connectivity index (χ3n) is 2.19. The molecule has 1 aromatic heterocycles. The van der Waals surface area contributed by atoms with Crippen LogP contribution in [0.3, 0.4) is 0 Å². The molecule has 2 N–H and O–H groups in total. The Morgan fingerprint density at radius 2 is 2.31 bits per heavy atom. The first-order valence-electron chi connectivity index (χ1n) is 4.98. The molecule has 88 valence electrons. The van der Waals surface area contributed by atoms with E-state index >= 15 is 0 Å². The lowest BCUT2D eigenvalue weighted by Gasteiger charge is -2.10. The number of aromatic nitrogens is 2. The van der Waals surface area contributed by atoms with E-state index in [1.807, 2.05) is 0 Å². The average molecular weight is 225 g/mol. The Kier molecular flexibility index (Phi) is 4.04. The lowest BCUT2D eigenvalue weighted by molar-refractivity contribution is -0.137. The van der Waals surface area contributed by atoms with E-state index in [2.05, 4.69) is 10.4 Å². The largest absolute Gasteiger partial charge is 0.481 e.